The van der Waals surface area contributed by atoms with E-state index in [1.807, 2.05) is 0 Å². The second-order valence-electron chi connectivity index (χ2n) is 7.93. The van der Waals surface area contributed by atoms with Crippen molar-refractivity contribution in [3.8, 4) is 16.9 Å². The molecule has 0 heterocycles. The first-order valence-electron chi connectivity index (χ1n) is 8.63. The van der Waals surface area contributed by atoms with Gasteiger partial charge in [-0.3, -0.25) is 0 Å². The second kappa shape index (κ2) is 6.96. The lowest BCUT2D eigenvalue weighted by molar-refractivity contribution is 0.414. The first-order chi connectivity index (χ1) is 11.1. The summed E-state index contributed by atoms with van der Waals surface area (Å²) < 4.78 is 19.8. The van der Waals surface area contributed by atoms with E-state index >= 15 is 0 Å². The van der Waals surface area contributed by atoms with E-state index in [1.54, 1.807) is 19.2 Å². The highest BCUT2D eigenvalue weighted by atomic mass is 19.1. The molecule has 0 bridgehead atoms. The zero-order valence-electron chi connectivity index (χ0n) is 15.9. The summed E-state index contributed by atoms with van der Waals surface area (Å²) in [5.74, 6) is 1.49. The maximum atomic E-state index is 14.5. The molecule has 0 aromatic heterocycles. The molecule has 0 unspecified atom stereocenters. The molecule has 0 aliphatic carbocycles. The molecule has 2 aromatic carbocycles. The third-order valence-electron chi connectivity index (χ3n) is 4.84. The Balaban J connectivity index is 2.66. The molecule has 2 rings (SSSR count). The van der Waals surface area contributed by atoms with Gasteiger partial charge in [-0.15, -0.1) is 0 Å². The van der Waals surface area contributed by atoms with Gasteiger partial charge < -0.3 is 4.74 Å². The summed E-state index contributed by atoms with van der Waals surface area (Å²) in [7, 11) is 1.61. The average molecular weight is 328 g/mol. The highest BCUT2D eigenvalue weighted by molar-refractivity contribution is 5.71. The fraction of sp³-hybridized carbons (Fsp3) is 0.455. The zero-order valence-corrected chi connectivity index (χ0v) is 15.9. The first kappa shape index (κ1) is 18.5. The van der Waals surface area contributed by atoms with E-state index in [9.17, 15) is 4.39 Å². The smallest absolute Gasteiger partial charge is 0.131 e. The van der Waals surface area contributed by atoms with Gasteiger partial charge in [0.2, 0.25) is 0 Å². The van der Waals surface area contributed by atoms with Gasteiger partial charge in [-0.2, -0.15) is 0 Å². The summed E-state index contributed by atoms with van der Waals surface area (Å²) in [6.45, 7) is 13.2. The number of methoxy groups -OCH3 is 1. The molecule has 24 heavy (non-hydrogen) atoms. The van der Waals surface area contributed by atoms with E-state index in [0.29, 0.717) is 23.1 Å². The van der Waals surface area contributed by atoms with Crippen molar-refractivity contribution in [3.05, 3.63) is 53.3 Å². The van der Waals surface area contributed by atoms with Gasteiger partial charge in [0.25, 0.3) is 0 Å². The van der Waals surface area contributed by atoms with Crippen LogP contribution in [0.15, 0.2) is 36.4 Å². The maximum Gasteiger partial charge on any atom is 0.131 e. The standard InChI is InChI=1S/C22H29FO/c1-14(2)15(3)16-8-10-18(20(12-16)22(4,5)6)19-13-17(24-7)9-11-21(19)23/h8-15H,1-7H3/t15-/m0/s1. The van der Waals surface area contributed by atoms with Crippen LogP contribution in [0.25, 0.3) is 11.1 Å². The summed E-state index contributed by atoms with van der Waals surface area (Å²) in [4.78, 5) is 0. The fourth-order valence-corrected chi connectivity index (χ4v) is 2.92. The summed E-state index contributed by atoms with van der Waals surface area (Å²) in [6.07, 6.45) is 0. The summed E-state index contributed by atoms with van der Waals surface area (Å²) in [5.41, 5.74) is 3.95. The van der Waals surface area contributed by atoms with Crippen LogP contribution in [0.4, 0.5) is 4.39 Å². The van der Waals surface area contributed by atoms with E-state index in [0.717, 1.165) is 5.56 Å². The van der Waals surface area contributed by atoms with Gasteiger partial charge in [0.1, 0.15) is 11.6 Å². The van der Waals surface area contributed by atoms with E-state index in [1.165, 1.54) is 17.2 Å². The number of hydrogen-bond donors (Lipinski definition) is 0. The molecule has 1 nitrogen and oxygen atoms in total. The van der Waals surface area contributed by atoms with Crippen molar-refractivity contribution in [2.24, 2.45) is 5.92 Å². The summed E-state index contributed by atoms with van der Waals surface area (Å²) in [6, 6.07) is 11.4. The van der Waals surface area contributed by atoms with Gasteiger partial charge >= 0.3 is 0 Å². The predicted molar refractivity (Wildman–Crippen MR) is 100 cm³/mol. The Kier molecular flexibility index (Phi) is 5.37. The summed E-state index contributed by atoms with van der Waals surface area (Å²) >= 11 is 0. The topological polar surface area (TPSA) is 9.23 Å². The van der Waals surface area contributed by atoms with Gasteiger partial charge in [-0.05, 0) is 52.1 Å². The van der Waals surface area contributed by atoms with Crippen molar-refractivity contribution in [1.82, 2.24) is 0 Å². The lowest BCUT2D eigenvalue weighted by Crippen LogP contribution is -2.15. The van der Waals surface area contributed by atoms with Crippen LogP contribution in [-0.2, 0) is 5.41 Å². The molecule has 0 aliphatic rings. The zero-order chi connectivity index (χ0) is 18.1. The molecule has 0 fully saturated rings. The average Bonchev–Trinajstić information content (AvgIpc) is 2.53. The molecule has 130 valence electrons. The number of ether oxygens (including phenoxy) is 1. The Morgan fingerprint density at radius 1 is 0.917 bits per heavy atom. The number of hydrogen-bond acceptors (Lipinski definition) is 1. The van der Waals surface area contributed by atoms with Crippen molar-refractivity contribution in [1.29, 1.82) is 0 Å². The molecule has 0 saturated heterocycles. The highest BCUT2D eigenvalue weighted by Crippen LogP contribution is 2.38. The minimum Gasteiger partial charge on any atom is -0.497 e. The molecular formula is C22H29FO. The minimum absolute atomic E-state index is 0.0719. The Hall–Kier alpha value is -1.83. The van der Waals surface area contributed by atoms with E-state index in [2.05, 4.69) is 59.7 Å². The second-order valence-corrected chi connectivity index (χ2v) is 7.93. The van der Waals surface area contributed by atoms with Crippen molar-refractivity contribution in [2.75, 3.05) is 7.11 Å². The van der Waals surface area contributed by atoms with E-state index in [-0.39, 0.29) is 11.2 Å². The van der Waals surface area contributed by atoms with Crippen LogP contribution < -0.4 is 4.74 Å². The van der Waals surface area contributed by atoms with Crippen LogP contribution in [-0.4, -0.2) is 7.11 Å². The fourth-order valence-electron chi connectivity index (χ4n) is 2.92. The quantitative estimate of drug-likeness (QED) is 0.617. The Labute approximate surface area is 145 Å². The van der Waals surface area contributed by atoms with Crippen LogP contribution in [0, 0.1) is 11.7 Å². The molecule has 0 spiro atoms. The molecule has 2 aromatic rings. The molecule has 0 radical (unpaired) electrons. The van der Waals surface area contributed by atoms with Crippen molar-refractivity contribution < 1.29 is 9.13 Å². The van der Waals surface area contributed by atoms with Crippen molar-refractivity contribution in [3.63, 3.8) is 0 Å². The summed E-state index contributed by atoms with van der Waals surface area (Å²) in [5, 5.41) is 0. The van der Waals surface area contributed by atoms with E-state index in [4.69, 9.17) is 4.74 Å². The number of benzene rings is 2. The molecule has 1 atom stereocenters. The van der Waals surface area contributed by atoms with Crippen molar-refractivity contribution >= 4 is 0 Å². The van der Waals surface area contributed by atoms with Crippen LogP contribution in [0.5, 0.6) is 5.75 Å². The Morgan fingerprint density at radius 2 is 1.58 bits per heavy atom. The van der Waals surface area contributed by atoms with E-state index < -0.39 is 0 Å². The SMILES string of the molecule is COc1ccc(F)c(-c2ccc([C@@H](C)C(C)C)cc2C(C)(C)C)c1. The van der Waals surface area contributed by atoms with Gasteiger partial charge in [-0.25, -0.2) is 4.39 Å². The molecule has 0 amide bonds. The first-order valence-corrected chi connectivity index (χ1v) is 8.63. The molecule has 0 saturated carbocycles. The third-order valence-corrected chi connectivity index (χ3v) is 4.84. The van der Waals surface area contributed by atoms with Crippen LogP contribution in [0.2, 0.25) is 0 Å². The van der Waals surface area contributed by atoms with Crippen LogP contribution >= 0.6 is 0 Å². The molecule has 0 N–H and O–H groups in total. The van der Waals surface area contributed by atoms with Crippen molar-refractivity contribution in [2.45, 2.75) is 52.9 Å². The highest BCUT2D eigenvalue weighted by Gasteiger charge is 2.23. The third kappa shape index (κ3) is 3.80. The van der Waals surface area contributed by atoms with Gasteiger partial charge in [-0.1, -0.05) is 59.7 Å². The predicted octanol–water partition coefficient (Wildman–Crippen LogP) is 6.56. The normalized spacial score (nSPS) is 13.2. The minimum atomic E-state index is -0.217. The Morgan fingerprint density at radius 3 is 2.12 bits per heavy atom. The lowest BCUT2D eigenvalue weighted by Gasteiger charge is -2.26. The molecule has 0 aliphatic heterocycles. The largest absolute Gasteiger partial charge is 0.497 e. The van der Waals surface area contributed by atoms with Gasteiger partial charge in [0, 0.05) is 5.56 Å². The Bertz CT molecular complexity index is 710. The van der Waals surface area contributed by atoms with Crippen LogP contribution in [0.3, 0.4) is 0 Å². The number of rotatable bonds is 4. The van der Waals surface area contributed by atoms with Gasteiger partial charge in [0.15, 0.2) is 0 Å². The number of halogens is 1. The molecular weight excluding hydrogens is 299 g/mol. The van der Waals surface area contributed by atoms with Gasteiger partial charge in [0.05, 0.1) is 7.11 Å². The molecule has 2 heteroatoms. The van der Waals surface area contributed by atoms with Crippen LogP contribution in [0.1, 0.15) is 58.6 Å². The lowest BCUT2D eigenvalue weighted by atomic mass is 9.78. The monoisotopic (exact) mass is 328 g/mol. The maximum absolute atomic E-state index is 14.5.